The number of furan rings is 1. The van der Waals surface area contributed by atoms with Crippen molar-refractivity contribution < 1.29 is 4.42 Å². The summed E-state index contributed by atoms with van der Waals surface area (Å²) >= 11 is 0. The van der Waals surface area contributed by atoms with E-state index in [0.717, 1.165) is 28.4 Å². The summed E-state index contributed by atoms with van der Waals surface area (Å²) in [4.78, 5) is 4.74. The van der Waals surface area contributed by atoms with Gasteiger partial charge in [-0.15, -0.1) is 0 Å². The lowest BCUT2D eigenvalue weighted by Gasteiger charge is -2.23. The van der Waals surface area contributed by atoms with Crippen molar-refractivity contribution in [3.63, 3.8) is 0 Å². The van der Waals surface area contributed by atoms with Crippen molar-refractivity contribution in [2.45, 2.75) is 33.2 Å². The number of hydrogen-bond donors (Lipinski definition) is 1. The zero-order chi connectivity index (χ0) is 14.3. The molecule has 0 aromatic carbocycles. The normalized spacial score (nSPS) is 12.0. The highest BCUT2D eigenvalue weighted by atomic mass is 16.3. The number of anilines is 1. The molecule has 0 saturated carbocycles. The van der Waals surface area contributed by atoms with Crippen molar-refractivity contribution in [2.75, 3.05) is 5.32 Å². The van der Waals surface area contributed by atoms with Gasteiger partial charge in [-0.2, -0.15) is 0 Å². The number of rotatable bonds is 2. The molecule has 3 rings (SSSR count). The third-order valence-electron chi connectivity index (χ3n) is 3.13. The molecular weight excluding hydrogens is 250 g/mol. The molecule has 4 heteroatoms. The van der Waals surface area contributed by atoms with Gasteiger partial charge in [0.1, 0.15) is 17.2 Å². The van der Waals surface area contributed by atoms with Crippen LogP contribution in [0.25, 0.3) is 16.9 Å². The van der Waals surface area contributed by atoms with Crippen molar-refractivity contribution in [2.24, 2.45) is 0 Å². The number of nitrogens with one attached hydrogen (secondary N) is 1. The van der Waals surface area contributed by atoms with E-state index >= 15 is 0 Å². The van der Waals surface area contributed by atoms with Gasteiger partial charge in [0.25, 0.3) is 0 Å². The first-order valence-corrected chi connectivity index (χ1v) is 6.74. The van der Waals surface area contributed by atoms with E-state index in [1.807, 2.05) is 18.2 Å². The summed E-state index contributed by atoms with van der Waals surface area (Å²) in [5, 5.41) is 3.56. The second kappa shape index (κ2) is 4.40. The third-order valence-corrected chi connectivity index (χ3v) is 3.13. The summed E-state index contributed by atoms with van der Waals surface area (Å²) in [7, 11) is 0. The lowest BCUT2D eigenvalue weighted by Crippen LogP contribution is -2.27. The van der Waals surface area contributed by atoms with Crippen LogP contribution in [-0.4, -0.2) is 14.9 Å². The van der Waals surface area contributed by atoms with Crippen LogP contribution in [0.15, 0.2) is 41.2 Å². The third kappa shape index (κ3) is 2.18. The van der Waals surface area contributed by atoms with Crippen LogP contribution in [-0.2, 0) is 0 Å². The Labute approximate surface area is 118 Å². The molecule has 0 fully saturated rings. The number of fused-ring (bicyclic) bond motifs is 1. The zero-order valence-electron chi connectivity index (χ0n) is 12.3. The van der Waals surface area contributed by atoms with E-state index in [9.17, 15) is 0 Å². The minimum absolute atomic E-state index is 0.0449. The molecule has 0 unspecified atom stereocenters. The lowest BCUT2D eigenvalue weighted by molar-refractivity contribution is 0.568. The molecule has 4 nitrogen and oxygen atoms in total. The maximum atomic E-state index is 5.20. The fourth-order valence-corrected chi connectivity index (χ4v) is 2.33. The Balaban J connectivity index is 2.29. The second-order valence-corrected chi connectivity index (χ2v) is 6.06. The van der Waals surface area contributed by atoms with Crippen LogP contribution in [0.3, 0.4) is 0 Å². The number of pyridine rings is 1. The second-order valence-electron chi connectivity index (χ2n) is 6.06. The number of aromatic nitrogens is 2. The summed E-state index contributed by atoms with van der Waals surface area (Å²) in [5.74, 6) is 1.01. The van der Waals surface area contributed by atoms with Gasteiger partial charge < -0.3 is 9.73 Å². The van der Waals surface area contributed by atoms with Crippen LogP contribution in [0.5, 0.6) is 0 Å². The minimum Gasteiger partial charge on any atom is -0.472 e. The average Bonchev–Trinajstić information content (AvgIpc) is 2.95. The highest BCUT2D eigenvalue weighted by Crippen LogP contribution is 2.31. The van der Waals surface area contributed by atoms with E-state index in [2.05, 4.69) is 43.5 Å². The maximum Gasteiger partial charge on any atom is 0.139 e. The molecule has 0 radical (unpaired) electrons. The molecule has 3 aromatic rings. The van der Waals surface area contributed by atoms with Crippen LogP contribution in [0.2, 0.25) is 0 Å². The Kier molecular flexibility index (Phi) is 2.82. The Hall–Kier alpha value is -2.23. The highest BCUT2D eigenvalue weighted by molar-refractivity contribution is 5.76. The van der Waals surface area contributed by atoms with Crippen molar-refractivity contribution in [1.29, 1.82) is 0 Å². The first-order chi connectivity index (χ1) is 9.46. The summed E-state index contributed by atoms with van der Waals surface area (Å²) < 4.78 is 7.35. The number of hydrogen-bond acceptors (Lipinski definition) is 3. The van der Waals surface area contributed by atoms with Crippen molar-refractivity contribution in [3.8, 4) is 11.3 Å². The van der Waals surface area contributed by atoms with E-state index in [1.165, 1.54) is 0 Å². The van der Waals surface area contributed by atoms with E-state index in [1.54, 1.807) is 12.5 Å². The first-order valence-electron chi connectivity index (χ1n) is 6.74. The van der Waals surface area contributed by atoms with Crippen molar-refractivity contribution in [3.05, 3.63) is 42.5 Å². The van der Waals surface area contributed by atoms with Gasteiger partial charge >= 0.3 is 0 Å². The predicted octanol–water partition coefficient (Wildman–Crippen LogP) is 4.11. The van der Waals surface area contributed by atoms with Gasteiger partial charge in [-0.3, -0.25) is 4.40 Å². The molecular formula is C16H19N3O. The Bertz CT molecular complexity index is 733. The molecule has 0 bridgehead atoms. The quantitative estimate of drug-likeness (QED) is 0.761. The number of imidazole rings is 1. The standard InChI is InChI=1S/C16H19N3O/c1-11-6-5-7-13-17-14(12-8-9-20-10-12)15(19(11)13)18-16(2,3)4/h5-10,18H,1-4H3. The van der Waals surface area contributed by atoms with Gasteiger partial charge in [-0.1, -0.05) is 6.07 Å². The molecule has 0 aliphatic heterocycles. The molecule has 0 aliphatic carbocycles. The Morgan fingerprint density at radius 2 is 2.00 bits per heavy atom. The average molecular weight is 269 g/mol. The summed E-state index contributed by atoms with van der Waals surface area (Å²) in [6.07, 6.45) is 3.40. The molecule has 0 aliphatic rings. The van der Waals surface area contributed by atoms with Gasteiger partial charge in [0.15, 0.2) is 0 Å². The molecule has 0 amide bonds. The molecule has 0 spiro atoms. The Morgan fingerprint density at radius 3 is 2.65 bits per heavy atom. The van der Waals surface area contributed by atoms with Crippen molar-refractivity contribution in [1.82, 2.24) is 9.38 Å². The molecule has 1 N–H and O–H groups in total. The monoisotopic (exact) mass is 269 g/mol. The first kappa shape index (κ1) is 12.8. The molecule has 0 atom stereocenters. The molecule has 0 saturated heterocycles. The van der Waals surface area contributed by atoms with Crippen LogP contribution in [0, 0.1) is 6.92 Å². The van der Waals surface area contributed by atoms with Gasteiger partial charge in [-0.05, 0) is 45.9 Å². The zero-order valence-corrected chi connectivity index (χ0v) is 12.3. The fourth-order valence-electron chi connectivity index (χ4n) is 2.33. The number of nitrogens with zero attached hydrogens (tertiary/aromatic N) is 2. The number of aryl methyl sites for hydroxylation is 1. The van der Waals surface area contributed by atoms with E-state index in [4.69, 9.17) is 9.40 Å². The molecule has 104 valence electrons. The van der Waals surface area contributed by atoms with E-state index < -0.39 is 0 Å². The van der Waals surface area contributed by atoms with Crippen molar-refractivity contribution >= 4 is 11.5 Å². The maximum absolute atomic E-state index is 5.20. The molecule has 3 aromatic heterocycles. The Morgan fingerprint density at radius 1 is 1.20 bits per heavy atom. The van der Waals surface area contributed by atoms with Crippen LogP contribution in [0.1, 0.15) is 26.5 Å². The van der Waals surface area contributed by atoms with Crippen LogP contribution < -0.4 is 5.32 Å². The van der Waals surface area contributed by atoms with E-state index in [0.29, 0.717) is 0 Å². The fraction of sp³-hybridized carbons (Fsp3) is 0.312. The summed E-state index contributed by atoms with van der Waals surface area (Å²) in [6, 6.07) is 8.06. The SMILES string of the molecule is Cc1cccc2nc(-c3ccoc3)c(NC(C)(C)C)n12. The minimum atomic E-state index is -0.0449. The van der Waals surface area contributed by atoms with Gasteiger partial charge in [0.2, 0.25) is 0 Å². The summed E-state index contributed by atoms with van der Waals surface area (Å²) in [5.41, 5.74) is 3.95. The highest BCUT2D eigenvalue weighted by Gasteiger charge is 2.20. The summed E-state index contributed by atoms with van der Waals surface area (Å²) in [6.45, 7) is 8.51. The van der Waals surface area contributed by atoms with Crippen LogP contribution in [0.4, 0.5) is 5.82 Å². The molecule has 3 heterocycles. The predicted molar refractivity (Wildman–Crippen MR) is 81.0 cm³/mol. The van der Waals surface area contributed by atoms with Gasteiger partial charge in [-0.25, -0.2) is 4.98 Å². The van der Waals surface area contributed by atoms with E-state index in [-0.39, 0.29) is 5.54 Å². The van der Waals surface area contributed by atoms with Gasteiger partial charge in [0.05, 0.1) is 12.5 Å². The lowest BCUT2D eigenvalue weighted by atomic mass is 10.1. The molecule has 20 heavy (non-hydrogen) atoms. The largest absolute Gasteiger partial charge is 0.472 e. The smallest absolute Gasteiger partial charge is 0.139 e. The topological polar surface area (TPSA) is 42.5 Å². The van der Waals surface area contributed by atoms with Crippen LogP contribution >= 0.6 is 0 Å². The van der Waals surface area contributed by atoms with Gasteiger partial charge in [0, 0.05) is 16.8 Å².